The number of halogens is 2. The average molecular weight is 1860 g/mol. The van der Waals surface area contributed by atoms with Gasteiger partial charge in [0.05, 0.1) is 65.9 Å². The van der Waals surface area contributed by atoms with Crippen molar-refractivity contribution in [1.82, 2.24) is 24.9 Å². The van der Waals surface area contributed by atoms with Crippen LogP contribution in [0.15, 0.2) is 410 Å². The molecule has 5 N–H and O–H groups in total. The first-order chi connectivity index (χ1) is 64.1. The number of hydrogen-bond acceptors (Lipinski definition) is 15. The van der Waals surface area contributed by atoms with Crippen LogP contribution in [0.5, 0.6) is 0 Å². The molecule has 1 aliphatic heterocycles. The van der Waals surface area contributed by atoms with Crippen LogP contribution in [-0.4, -0.2) is 76.2 Å². The summed E-state index contributed by atoms with van der Waals surface area (Å²) in [6, 6.07) is 125. The highest BCUT2D eigenvalue weighted by atomic mass is 79.9. The molecule has 5 aromatic heterocycles. The zero-order valence-electron chi connectivity index (χ0n) is 72.0. The third-order valence-corrected chi connectivity index (χ3v) is 24.5. The Morgan fingerprint density at radius 3 is 1.20 bits per heavy atom. The summed E-state index contributed by atoms with van der Waals surface area (Å²) >= 11 is 6.79. The second-order valence-electron chi connectivity index (χ2n) is 32.3. The number of carbonyl (C=O) groups is 1. The number of carbonyl (C=O) groups excluding carboxylic acids is 1. The molecule has 1 fully saturated rings. The lowest BCUT2D eigenvalue weighted by molar-refractivity contribution is -0.384. The van der Waals surface area contributed by atoms with E-state index in [2.05, 4.69) is 257 Å². The molecule has 21 aromatic rings. The number of pyridine rings is 5. The van der Waals surface area contributed by atoms with Crippen molar-refractivity contribution in [3.8, 4) is 56.2 Å². The van der Waals surface area contributed by atoms with E-state index in [4.69, 9.17) is 40.0 Å². The molecule has 0 unspecified atom stereocenters. The number of rotatable bonds is 11. The van der Waals surface area contributed by atoms with Gasteiger partial charge in [0.15, 0.2) is 0 Å². The fraction of sp³-hybridized carbons (Fsp3) is 0.0545. The van der Waals surface area contributed by atoms with Crippen LogP contribution in [0.25, 0.3) is 153 Å². The molecular weight excluding hydrogens is 1770 g/mol. The molecule has 22 rings (SSSR count). The zero-order chi connectivity index (χ0) is 91.6. The van der Waals surface area contributed by atoms with Crippen LogP contribution in [0.1, 0.15) is 38.2 Å². The summed E-state index contributed by atoms with van der Waals surface area (Å²) in [5.74, 6) is -0.231. The smallest absolute Gasteiger partial charge is 0.423 e. The van der Waals surface area contributed by atoms with Crippen molar-refractivity contribution in [3.63, 3.8) is 0 Å². The number of amides is 1. The van der Waals surface area contributed by atoms with Gasteiger partial charge in [-0.2, -0.15) is 0 Å². The van der Waals surface area contributed by atoms with Crippen molar-refractivity contribution >= 4 is 183 Å². The van der Waals surface area contributed by atoms with E-state index < -0.39 is 19.2 Å². The van der Waals surface area contributed by atoms with Crippen LogP contribution >= 0.6 is 31.9 Å². The number of nitro groups is 2. The van der Waals surface area contributed by atoms with Crippen molar-refractivity contribution < 1.29 is 34.0 Å². The minimum absolute atomic E-state index is 0.0949. The molecule has 0 radical (unpaired) electrons. The molecule has 1 saturated heterocycles. The maximum absolute atomic E-state index is 12.6. The van der Waals surface area contributed by atoms with E-state index in [9.17, 15) is 25.0 Å². The Morgan fingerprint density at radius 1 is 0.371 bits per heavy atom. The van der Waals surface area contributed by atoms with Gasteiger partial charge in [0.2, 0.25) is 0 Å². The van der Waals surface area contributed by atoms with Gasteiger partial charge in [0.1, 0.15) is 5.69 Å². The first kappa shape index (κ1) is 88.6. The van der Waals surface area contributed by atoms with Crippen LogP contribution in [0.4, 0.5) is 22.7 Å². The Morgan fingerprint density at radius 2 is 0.742 bits per heavy atom. The van der Waals surface area contributed by atoms with Gasteiger partial charge in [0.25, 0.3) is 17.3 Å². The van der Waals surface area contributed by atoms with Crippen molar-refractivity contribution in [1.29, 1.82) is 0 Å². The molecule has 132 heavy (non-hydrogen) atoms. The summed E-state index contributed by atoms with van der Waals surface area (Å²) in [5.41, 5.74) is 19.3. The third-order valence-electron chi connectivity index (χ3n) is 23.6. The van der Waals surface area contributed by atoms with Gasteiger partial charge in [-0.15, -0.1) is 0 Å². The fourth-order valence-electron chi connectivity index (χ4n) is 16.4. The van der Waals surface area contributed by atoms with Gasteiger partial charge >= 0.3 is 14.2 Å². The Labute approximate surface area is 778 Å². The van der Waals surface area contributed by atoms with Crippen molar-refractivity contribution in [3.05, 3.63) is 436 Å². The van der Waals surface area contributed by atoms with Crippen molar-refractivity contribution in [2.75, 3.05) is 11.1 Å². The van der Waals surface area contributed by atoms with Gasteiger partial charge in [0, 0.05) is 100.0 Å². The van der Waals surface area contributed by atoms with E-state index in [1.54, 1.807) is 30.5 Å². The van der Waals surface area contributed by atoms with E-state index in [1.165, 1.54) is 89.8 Å². The Hall–Kier alpha value is -15.4. The highest BCUT2D eigenvalue weighted by Crippen LogP contribution is 2.43. The standard InChI is InChI=1S/C28H25BN2O2.C22H15BrN2O.C22H13BrN2.C16H11NO2.C16H13N.C6H6BNO4/c1-27(2)28(3,4)33-29(32-27)19-14-16-24(30-17-19)26-22-15-13-18-9-5-6-10-20(18)25(22)21-11-7-8-12-23(21)31-26;23-16-12-13-21(24-14-16)22(26)25-20-11-4-3-9-19(20)18-10-5-7-15-6-1-2-8-17(15)18;23-15-10-12-20(24-13-15)22-18-11-9-14-5-1-2-6-16(14)21(18)17-7-3-4-8-19(17)25-22;18-17(19)16-11-4-3-9-15(16)14-10-5-7-12-6-1-2-8-13(12)14;17-16-11-4-3-9-15(16)14-10-5-7-12-6-1-2-8-13(12)14;9-7(10)5-3-1-2-4-6(5)8(11)12/h5-17H,1-4H3;1-14H,(H,25,26);1-13H;1-11H;1-11H,17H2;1-4,9-10H. The number of nitro benzene ring substituents is 2. The predicted octanol–water partition coefficient (Wildman–Crippen LogP) is 26.0. The lowest BCUT2D eigenvalue weighted by Crippen LogP contribution is -2.41. The molecular formula is C110H83B2Br2N9O9. The van der Waals surface area contributed by atoms with Crippen molar-refractivity contribution in [2.24, 2.45) is 0 Å². The topological polar surface area (TPSA) is 265 Å². The summed E-state index contributed by atoms with van der Waals surface area (Å²) < 4.78 is 14.2. The number of fused-ring (bicyclic) bond motifs is 13. The second kappa shape index (κ2) is 39.3. The molecule has 22 heteroatoms. The monoisotopic (exact) mass is 1850 g/mol. The number of nitrogens with zero attached hydrogens (tertiary/aromatic N) is 7. The molecule has 0 bridgehead atoms. The Kier molecular flexibility index (Phi) is 26.4. The normalized spacial score (nSPS) is 12.3. The van der Waals surface area contributed by atoms with Gasteiger partial charge in [-0.05, 0) is 191 Å². The van der Waals surface area contributed by atoms with Gasteiger partial charge in [-0.25, -0.2) is 15.0 Å². The number of hydrogen-bond donors (Lipinski definition) is 4. The number of nitrogen functional groups attached to an aromatic ring is 1. The molecule has 1 aliphatic rings. The van der Waals surface area contributed by atoms with E-state index in [1.807, 2.05) is 158 Å². The molecule has 6 heterocycles. The highest BCUT2D eigenvalue weighted by molar-refractivity contribution is 9.10. The van der Waals surface area contributed by atoms with Crippen LogP contribution in [0.2, 0.25) is 0 Å². The van der Waals surface area contributed by atoms with E-state index in [-0.39, 0.29) is 38.9 Å². The average Bonchev–Trinajstić information content (AvgIpc) is 1.03. The Balaban J connectivity index is 0.000000113. The fourth-order valence-corrected chi connectivity index (χ4v) is 16.9. The van der Waals surface area contributed by atoms with Crippen LogP contribution < -0.4 is 22.0 Å². The number of anilines is 2. The minimum atomic E-state index is -1.80. The molecule has 18 nitrogen and oxygen atoms in total. The molecule has 0 aliphatic carbocycles. The predicted molar refractivity (Wildman–Crippen MR) is 545 cm³/mol. The number of benzene rings is 16. The third kappa shape index (κ3) is 19.1. The van der Waals surface area contributed by atoms with Crippen molar-refractivity contribution in [2.45, 2.75) is 38.9 Å². The largest absolute Gasteiger partial charge is 0.496 e. The van der Waals surface area contributed by atoms with Crippen LogP contribution in [-0.2, 0) is 9.31 Å². The minimum Gasteiger partial charge on any atom is -0.423 e. The van der Waals surface area contributed by atoms with Gasteiger partial charge < -0.3 is 30.4 Å². The maximum Gasteiger partial charge on any atom is 0.496 e. The molecule has 1 amide bonds. The summed E-state index contributed by atoms with van der Waals surface area (Å²) in [6.07, 6.45) is 5.28. The lowest BCUT2D eigenvalue weighted by atomic mass is 9.79. The maximum atomic E-state index is 12.6. The number of para-hydroxylation sites is 6. The molecule has 0 atom stereocenters. The van der Waals surface area contributed by atoms with Gasteiger partial charge in [-0.3, -0.25) is 35.0 Å². The summed E-state index contributed by atoms with van der Waals surface area (Å²) in [4.78, 5) is 56.5. The van der Waals surface area contributed by atoms with Crippen LogP contribution in [0, 0.1) is 20.2 Å². The number of aromatic nitrogens is 5. The van der Waals surface area contributed by atoms with Gasteiger partial charge in [-0.1, -0.05) is 309 Å². The second-order valence-corrected chi connectivity index (χ2v) is 34.1. The first-order valence-electron chi connectivity index (χ1n) is 42.6. The number of nitrogens with one attached hydrogen (secondary N) is 1. The SMILES string of the molecule is Brc1ccc(-c2nc3ccccc3c3c2ccc2ccccc23)nc1.CC1(C)OB(c2ccc(-c3nc4ccccc4c4c3ccc3ccccc34)nc2)OC1(C)C.Nc1ccccc1-c1cccc2ccccc12.O=C(Nc1ccccc1-c1cccc2ccccc12)c1ccc(Br)cn1.O=[N+]([O-])c1ccccc1-c1cccc2ccccc12.O=[N+]([O-])c1ccccc1B(O)O. The molecule has 0 saturated carbocycles. The van der Waals surface area contributed by atoms with E-state index >= 15 is 0 Å². The summed E-state index contributed by atoms with van der Waals surface area (Å²) in [7, 11) is -2.23. The molecule has 0 spiro atoms. The van der Waals surface area contributed by atoms with E-state index in [0.29, 0.717) is 11.3 Å². The molecule has 16 aromatic carbocycles. The summed E-state index contributed by atoms with van der Waals surface area (Å²) in [5, 5.41) is 60.7. The molecule has 642 valence electrons. The zero-order valence-corrected chi connectivity index (χ0v) is 75.1. The first-order valence-corrected chi connectivity index (χ1v) is 44.2. The Bertz CT molecular complexity index is 7850. The number of nitrogens with two attached hydrogens (primary N) is 1. The highest BCUT2D eigenvalue weighted by Gasteiger charge is 2.52. The van der Waals surface area contributed by atoms with E-state index in [0.717, 1.165) is 114 Å². The van der Waals surface area contributed by atoms with Crippen LogP contribution in [0.3, 0.4) is 0 Å². The quantitative estimate of drug-likeness (QED) is 0.0308. The lowest BCUT2D eigenvalue weighted by Gasteiger charge is -2.32. The summed E-state index contributed by atoms with van der Waals surface area (Å²) in [6.45, 7) is 8.24.